The van der Waals surface area contributed by atoms with Gasteiger partial charge in [0.15, 0.2) is 5.82 Å². The Morgan fingerprint density at radius 1 is 1.21 bits per heavy atom. The quantitative estimate of drug-likeness (QED) is 0.576. The molecule has 188 valence electrons. The van der Waals surface area contributed by atoms with E-state index in [0.29, 0.717) is 0 Å². The number of halogens is 3. The minimum absolute atomic E-state index is 0.892. The molecule has 0 spiro atoms. The van der Waals surface area contributed by atoms with Gasteiger partial charge in [-0.2, -0.15) is 18.3 Å². The number of carbonyl (C=O) groups is 1. The van der Waals surface area contributed by atoms with Crippen LogP contribution in [-0.4, -0.2) is 46.7 Å². The molecular formula is C25H35F3N4O2. The zero-order chi connectivity index (χ0) is 25.2. The predicted molar refractivity (Wildman–Crippen MR) is 128 cm³/mol. The van der Waals surface area contributed by atoms with Gasteiger partial charge < -0.3 is 14.9 Å². The summed E-state index contributed by atoms with van der Waals surface area (Å²) in [5, 5.41) is 12.2. The standard InChI is InChI=1S/C23H34N4.C2HF3O2/c1-6-11-26(15-19-9-10-19)23-20-8-7-12-27(22(20)24-25(23)5)21-17(3)13-16(2)14-18(21)4;3-2(4,5)1(6)7/h13-14,19H,6-12,15H2,1-5H3;(H,6,7). The summed E-state index contributed by atoms with van der Waals surface area (Å²) in [6, 6.07) is 4.61. The maximum atomic E-state index is 10.6. The molecule has 4 rings (SSSR count). The molecule has 0 unspecified atom stereocenters. The van der Waals surface area contributed by atoms with Crippen molar-refractivity contribution >= 4 is 23.3 Å². The molecule has 2 heterocycles. The molecule has 1 aliphatic heterocycles. The second-order valence-corrected chi connectivity index (χ2v) is 9.44. The maximum Gasteiger partial charge on any atom is 0.490 e. The molecule has 6 nitrogen and oxygen atoms in total. The highest BCUT2D eigenvalue weighted by atomic mass is 19.4. The van der Waals surface area contributed by atoms with Crippen LogP contribution in [0.3, 0.4) is 0 Å². The van der Waals surface area contributed by atoms with E-state index in [-0.39, 0.29) is 0 Å². The third-order valence-corrected chi connectivity index (χ3v) is 6.27. The molecule has 9 heteroatoms. The summed E-state index contributed by atoms with van der Waals surface area (Å²) in [7, 11) is 2.14. The Bertz CT molecular complexity index is 1000. The third-order valence-electron chi connectivity index (χ3n) is 6.27. The lowest BCUT2D eigenvalue weighted by molar-refractivity contribution is -0.192. The first-order valence-corrected chi connectivity index (χ1v) is 11.9. The molecule has 0 bridgehead atoms. The fourth-order valence-corrected chi connectivity index (χ4v) is 4.88. The van der Waals surface area contributed by atoms with Gasteiger partial charge in [0.25, 0.3) is 0 Å². The summed E-state index contributed by atoms with van der Waals surface area (Å²) in [4.78, 5) is 14.0. The Balaban J connectivity index is 0.000000406. The summed E-state index contributed by atoms with van der Waals surface area (Å²) in [6.45, 7) is 12.3. The zero-order valence-electron chi connectivity index (χ0n) is 20.7. The molecule has 1 aromatic carbocycles. The predicted octanol–water partition coefficient (Wildman–Crippen LogP) is 5.69. The molecule has 2 aliphatic rings. The molecule has 1 saturated carbocycles. The number of aliphatic carboxylic acids is 1. The van der Waals surface area contributed by atoms with E-state index in [0.717, 1.165) is 25.4 Å². The van der Waals surface area contributed by atoms with Gasteiger partial charge in [-0.25, -0.2) is 4.79 Å². The Labute approximate surface area is 199 Å². The van der Waals surface area contributed by atoms with E-state index in [2.05, 4.69) is 61.4 Å². The van der Waals surface area contributed by atoms with Crippen molar-refractivity contribution in [3.8, 4) is 0 Å². The topological polar surface area (TPSA) is 61.6 Å². The van der Waals surface area contributed by atoms with Crippen LogP contribution in [0.15, 0.2) is 12.1 Å². The van der Waals surface area contributed by atoms with E-state index in [1.165, 1.54) is 71.8 Å². The number of hydrogen-bond acceptors (Lipinski definition) is 4. The van der Waals surface area contributed by atoms with Gasteiger partial charge in [0, 0.05) is 37.9 Å². The molecule has 0 atom stereocenters. The van der Waals surface area contributed by atoms with Gasteiger partial charge >= 0.3 is 12.1 Å². The number of rotatable bonds is 6. The molecule has 1 aromatic heterocycles. The van der Waals surface area contributed by atoms with E-state index in [1.807, 2.05) is 0 Å². The third kappa shape index (κ3) is 5.85. The summed E-state index contributed by atoms with van der Waals surface area (Å²) < 4.78 is 33.9. The smallest absolute Gasteiger partial charge is 0.475 e. The minimum Gasteiger partial charge on any atom is -0.475 e. The Kier molecular flexibility index (Phi) is 7.83. The molecule has 0 amide bonds. The van der Waals surface area contributed by atoms with Crippen molar-refractivity contribution in [1.29, 1.82) is 0 Å². The van der Waals surface area contributed by atoms with Crippen LogP contribution in [0.4, 0.5) is 30.5 Å². The van der Waals surface area contributed by atoms with E-state index in [1.54, 1.807) is 0 Å². The number of carboxylic acid groups (broad SMARTS) is 1. The van der Waals surface area contributed by atoms with Gasteiger partial charge in [-0.1, -0.05) is 24.6 Å². The molecular weight excluding hydrogens is 445 g/mol. The zero-order valence-corrected chi connectivity index (χ0v) is 20.7. The SMILES string of the molecule is CCCN(CC1CC1)c1c2c(nn1C)N(c1c(C)cc(C)cc1C)CCC2.O=C(O)C(F)(F)F. The highest BCUT2D eigenvalue weighted by molar-refractivity contribution is 5.74. The Hall–Kier alpha value is -2.71. The number of anilines is 3. The van der Waals surface area contributed by atoms with Crippen LogP contribution in [0, 0.1) is 26.7 Å². The Morgan fingerprint density at radius 2 is 1.79 bits per heavy atom. The number of aryl methyl sites for hydroxylation is 4. The van der Waals surface area contributed by atoms with Gasteiger partial charge in [-0.3, -0.25) is 4.68 Å². The van der Waals surface area contributed by atoms with Crippen molar-refractivity contribution in [2.45, 2.75) is 66.0 Å². The lowest BCUT2D eigenvalue weighted by Crippen LogP contribution is -2.30. The second-order valence-electron chi connectivity index (χ2n) is 9.44. The van der Waals surface area contributed by atoms with Crippen LogP contribution in [0.25, 0.3) is 0 Å². The van der Waals surface area contributed by atoms with E-state index in [4.69, 9.17) is 15.0 Å². The number of hydrogen-bond donors (Lipinski definition) is 1. The van der Waals surface area contributed by atoms with Gasteiger partial charge in [-0.15, -0.1) is 0 Å². The lowest BCUT2D eigenvalue weighted by atomic mass is 10.00. The van der Waals surface area contributed by atoms with Crippen LogP contribution >= 0.6 is 0 Å². The normalized spacial score (nSPS) is 15.5. The average molecular weight is 481 g/mol. The summed E-state index contributed by atoms with van der Waals surface area (Å²) in [5.41, 5.74) is 6.87. The van der Waals surface area contributed by atoms with Gasteiger partial charge in [0.2, 0.25) is 0 Å². The molecule has 1 aliphatic carbocycles. The minimum atomic E-state index is -5.08. The second kappa shape index (κ2) is 10.3. The summed E-state index contributed by atoms with van der Waals surface area (Å²) >= 11 is 0. The molecule has 0 saturated heterocycles. The van der Waals surface area contributed by atoms with Crippen molar-refractivity contribution in [2.75, 3.05) is 29.4 Å². The molecule has 34 heavy (non-hydrogen) atoms. The summed E-state index contributed by atoms with van der Waals surface area (Å²) in [6.07, 6.45) is 1.24. The number of benzene rings is 1. The van der Waals surface area contributed by atoms with Crippen molar-refractivity contribution < 1.29 is 23.1 Å². The summed E-state index contributed by atoms with van der Waals surface area (Å²) in [5.74, 6) is 0.687. The molecule has 1 fully saturated rings. The van der Waals surface area contributed by atoms with Crippen molar-refractivity contribution in [3.05, 3.63) is 34.4 Å². The fraction of sp³-hybridized carbons (Fsp3) is 0.600. The lowest BCUT2D eigenvalue weighted by Gasteiger charge is -2.32. The fourth-order valence-electron chi connectivity index (χ4n) is 4.88. The highest BCUT2D eigenvalue weighted by Gasteiger charge is 2.38. The Morgan fingerprint density at radius 3 is 2.29 bits per heavy atom. The van der Waals surface area contributed by atoms with E-state index >= 15 is 0 Å². The number of carboxylic acids is 1. The van der Waals surface area contributed by atoms with Gasteiger partial charge in [-0.05, 0) is 69.9 Å². The van der Waals surface area contributed by atoms with Gasteiger partial charge in [0.05, 0.1) is 0 Å². The highest BCUT2D eigenvalue weighted by Crippen LogP contribution is 2.41. The van der Waals surface area contributed by atoms with Crippen LogP contribution in [0.2, 0.25) is 0 Å². The monoisotopic (exact) mass is 480 g/mol. The number of aromatic nitrogens is 2. The van der Waals surface area contributed by atoms with Crippen LogP contribution in [0.1, 0.15) is 54.9 Å². The first kappa shape index (κ1) is 25.9. The van der Waals surface area contributed by atoms with Gasteiger partial charge in [0.1, 0.15) is 5.82 Å². The van der Waals surface area contributed by atoms with Crippen LogP contribution < -0.4 is 9.80 Å². The average Bonchev–Trinajstić information content (AvgIpc) is 3.47. The van der Waals surface area contributed by atoms with Crippen molar-refractivity contribution in [1.82, 2.24) is 9.78 Å². The van der Waals surface area contributed by atoms with Crippen LogP contribution in [0.5, 0.6) is 0 Å². The number of alkyl halides is 3. The number of nitrogens with zero attached hydrogens (tertiary/aromatic N) is 4. The van der Waals surface area contributed by atoms with Crippen molar-refractivity contribution in [3.63, 3.8) is 0 Å². The maximum absolute atomic E-state index is 10.6. The molecule has 2 aromatic rings. The van der Waals surface area contributed by atoms with Crippen LogP contribution in [-0.2, 0) is 18.3 Å². The first-order chi connectivity index (χ1) is 15.9. The molecule has 0 radical (unpaired) electrons. The number of fused-ring (bicyclic) bond motifs is 1. The van der Waals surface area contributed by atoms with Crippen molar-refractivity contribution in [2.24, 2.45) is 13.0 Å². The largest absolute Gasteiger partial charge is 0.490 e. The first-order valence-electron chi connectivity index (χ1n) is 11.9. The molecule has 1 N–H and O–H groups in total. The van der Waals surface area contributed by atoms with E-state index in [9.17, 15) is 13.2 Å². The van der Waals surface area contributed by atoms with E-state index < -0.39 is 12.1 Å².